The number of carbonyl (C=O) groups is 2. The predicted molar refractivity (Wildman–Crippen MR) is 94.3 cm³/mol. The number of carbonyl (C=O) groups excluding carboxylic acids is 2. The molecule has 8 heteroatoms. The van der Waals surface area contributed by atoms with E-state index in [1.54, 1.807) is 24.3 Å². The number of alkyl halides is 3. The zero-order valence-corrected chi connectivity index (χ0v) is 15.1. The Morgan fingerprint density at radius 3 is 2.33 bits per heavy atom. The summed E-state index contributed by atoms with van der Waals surface area (Å²) in [6.45, 7) is 0. The fraction of sp³-hybridized carbons (Fsp3) is 0.263. The van der Waals surface area contributed by atoms with E-state index in [0.717, 1.165) is 17.7 Å². The van der Waals surface area contributed by atoms with Crippen LogP contribution in [0.15, 0.2) is 48.5 Å². The molecule has 0 heterocycles. The molecule has 0 unspecified atom stereocenters. The van der Waals surface area contributed by atoms with Crippen LogP contribution in [-0.2, 0) is 33.3 Å². The Bertz CT molecular complexity index is 807. The number of halogens is 4. The molecule has 0 aliphatic rings. The lowest BCUT2D eigenvalue weighted by molar-refractivity contribution is -0.145. The Balaban J connectivity index is 2.04. The Labute approximate surface area is 159 Å². The summed E-state index contributed by atoms with van der Waals surface area (Å²) in [5.41, 5.74) is 0.333. The lowest BCUT2D eigenvalue weighted by atomic mass is 10.0. The highest BCUT2D eigenvalue weighted by Crippen LogP contribution is 2.29. The second kappa shape index (κ2) is 8.90. The van der Waals surface area contributed by atoms with Crippen molar-refractivity contribution in [2.45, 2.75) is 25.1 Å². The van der Waals surface area contributed by atoms with E-state index in [4.69, 9.17) is 16.3 Å². The summed E-state index contributed by atoms with van der Waals surface area (Å²) < 4.78 is 42.4. The van der Waals surface area contributed by atoms with Gasteiger partial charge in [-0.3, -0.25) is 4.79 Å². The highest BCUT2D eigenvalue weighted by molar-refractivity contribution is 6.30. The number of benzene rings is 2. The molecule has 0 aromatic heterocycles. The van der Waals surface area contributed by atoms with Gasteiger partial charge in [0.25, 0.3) is 0 Å². The molecule has 0 fully saturated rings. The third-order valence-electron chi connectivity index (χ3n) is 3.80. The molecular formula is C19H17ClF3NO3. The fourth-order valence-corrected chi connectivity index (χ4v) is 2.69. The van der Waals surface area contributed by atoms with Crippen LogP contribution < -0.4 is 5.32 Å². The number of hydrogen-bond acceptors (Lipinski definition) is 3. The van der Waals surface area contributed by atoms with Gasteiger partial charge in [0.15, 0.2) is 0 Å². The van der Waals surface area contributed by atoms with E-state index in [1.165, 1.54) is 19.2 Å². The quantitative estimate of drug-likeness (QED) is 0.752. The van der Waals surface area contributed by atoms with E-state index >= 15 is 0 Å². The summed E-state index contributed by atoms with van der Waals surface area (Å²) in [5.74, 6) is -1.14. The van der Waals surface area contributed by atoms with Gasteiger partial charge < -0.3 is 10.1 Å². The summed E-state index contributed by atoms with van der Waals surface area (Å²) in [6, 6.07) is 10.2. The Kier molecular flexibility index (Phi) is 6.85. The van der Waals surface area contributed by atoms with Crippen molar-refractivity contribution < 1.29 is 27.5 Å². The van der Waals surface area contributed by atoms with E-state index in [9.17, 15) is 22.8 Å². The van der Waals surface area contributed by atoms with Crippen LogP contribution >= 0.6 is 11.6 Å². The first-order chi connectivity index (χ1) is 12.7. The van der Waals surface area contributed by atoms with E-state index in [-0.39, 0.29) is 12.8 Å². The summed E-state index contributed by atoms with van der Waals surface area (Å²) in [5, 5.41) is 3.04. The van der Waals surface area contributed by atoms with Crippen LogP contribution in [0.4, 0.5) is 13.2 Å². The fourth-order valence-electron chi connectivity index (χ4n) is 2.48. The summed E-state index contributed by atoms with van der Waals surface area (Å²) in [6.07, 6.45) is -4.43. The van der Waals surface area contributed by atoms with Crippen LogP contribution in [0.25, 0.3) is 0 Å². The van der Waals surface area contributed by atoms with Crippen LogP contribution in [0.5, 0.6) is 0 Å². The van der Waals surface area contributed by atoms with Crippen LogP contribution in [-0.4, -0.2) is 25.0 Å². The summed E-state index contributed by atoms with van der Waals surface area (Å²) >= 11 is 5.92. The maximum atomic E-state index is 12.6. The van der Waals surface area contributed by atoms with E-state index in [0.29, 0.717) is 10.6 Å². The molecule has 0 bridgehead atoms. The van der Waals surface area contributed by atoms with E-state index in [1.807, 2.05) is 0 Å². The standard InChI is InChI=1S/C19H17ClF3NO3/c1-27-18(26)16(10-13-3-2-4-15(20)9-13)24-17(25)11-12-5-7-14(8-6-12)19(21,22)23/h2-9,16H,10-11H2,1H3,(H,24,25)/t16-/m1/s1. The first-order valence-electron chi connectivity index (χ1n) is 7.97. The zero-order chi connectivity index (χ0) is 20.0. The minimum atomic E-state index is -4.44. The van der Waals surface area contributed by atoms with Gasteiger partial charge in [-0.25, -0.2) is 4.79 Å². The summed E-state index contributed by atoms with van der Waals surface area (Å²) in [4.78, 5) is 24.2. The zero-order valence-electron chi connectivity index (χ0n) is 14.3. The van der Waals surface area contributed by atoms with Crippen molar-refractivity contribution >= 4 is 23.5 Å². The van der Waals surface area contributed by atoms with Gasteiger partial charge in [0.05, 0.1) is 19.1 Å². The van der Waals surface area contributed by atoms with Gasteiger partial charge in [-0.15, -0.1) is 0 Å². The number of hydrogen-bond donors (Lipinski definition) is 1. The second-order valence-electron chi connectivity index (χ2n) is 5.85. The third kappa shape index (κ3) is 6.29. The monoisotopic (exact) mass is 399 g/mol. The molecule has 0 radical (unpaired) electrons. The lowest BCUT2D eigenvalue weighted by Gasteiger charge is -2.17. The smallest absolute Gasteiger partial charge is 0.416 e. The molecule has 0 spiro atoms. The van der Waals surface area contributed by atoms with Crippen molar-refractivity contribution in [2.24, 2.45) is 0 Å². The van der Waals surface area contributed by atoms with Gasteiger partial charge in [0.1, 0.15) is 6.04 Å². The molecule has 0 aliphatic heterocycles. The SMILES string of the molecule is COC(=O)[C@@H](Cc1cccc(Cl)c1)NC(=O)Cc1ccc(C(F)(F)F)cc1. The molecule has 2 aromatic rings. The molecule has 1 atom stereocenters. The van der Waals surface area contributed by atoms with Gasteiger partial charge in [-0.05, 0) is 35.4 Å². The number of nitrogens with one attached hydrogen (secondary N) is 1. The highest BCUT2D eigenvalue weighted by Gasteiger charge is 2.30. The predicted octanol–water partition coefficient (Wildman–Crippen LogP) is 3.80. The topological polar surface area (TPSA) is 55.4 Å². The van der Waals surface area contributed by atoms with E-state index in [2.05, 4.69) is 5.32 Å². The van der Waals surface area contributed by atoms with Crippen LogP contribution in [0.3, 0.4) is 0 Å². The minimum Gasteiger partial charge on any atom is -0.467 e. The number of esters is 1. The normalized spacial score (nSPS) is 12.3. The van der Waals surface area contributed by atoms with Crippen LogP contribution in [0.1, 0.15) is 16.7 Å². The number of methoxy groups -OCH3 is 1. The van der Waals surface area contributed by atoms with Crippen molar-refractivity contribution in [1.82, 2.24) is 5.32 Å². The maximum absolute atomic E-state index is 12.6. The average molecular weight is 400 g/mol. The molecule has 144 valence electrons. The molecule has 2 aromatic carbocycles. The molecule has 2 rings (SSSR count). The lowest BCUT2D eigenvalue weighted by Crippen LogP contribution is -2.43. The van der Waals surface area contributed by atoms with Crippen molar-refractivity contribution in [3.63, 3.8) is 0 Å². The van der Waals surface area contributed by atoms with Gasteiger partial charge in [0.2, 0.25) is 5.91 Å². The molecule has 1 N–H and O–H groups in total. The third-order valence-corrected chi connectivity index (χ3v) is 4.03. The molecule has 1 amide bonds. The number of rotatable bonds is 6. The Morgan fingerprint density at radius 2 is 1.78 bits per heavy atom. The summed E-state index contributed by atoms with van der Waals surface area (Å²) in [7, 11) is 1.20. The first-order valence-corrected chi connectivity index (χ1v) is 8.34. The largest absolute Gasteiger partial charge is 0.467 e. The van der Waals surface area contributed by atoms with Crippen molar-refractivity contribution in [1.29, 1.82) is 0 Å². The molecular weight excluding hydrogens is 383 g/mol. The highest BCUT2D eigenvalue weighted by atomic mass is 35.5. The molecule has 0 saturated heterocycles. The second-order valence-corrected chi connectivity index (χ2v) is 6.29. The van der Waals surface area contributed by atoms with Gasteiger partial charge in [-0.2, -0.15) is 13.2 Å². The van der Waals surface area contributed by atoms with Crippen molar-refractivity contribution in [3.8, 4) is 0 Å². The minimum absolute atomic E-state index is 0.165. The van der Waals surface area contributed by atoms with Gasteiger partial charge in [0, 0.05) is 11.4 Å². The van der Waals surface area contributed by atoms with Crippen LogP contribution in [0, 0.1) is 0 Å². The van der Waals surface area contributed by atoms with Crippen molar-refractivity contribution in [2.75, 3.05) is 7.11 Å². The first kappa shape index (κ1) is 20.8. The molecule has 0 saturated carbocycles. The maximum Gasteiger partial charge on any atom is 0.416 e. The number of amides is 1. The molecule has 4 nitrogen and oxygen atoms in total. The van der Waals surface area contributed by atoms with Gasteiger partial charge in [-0.1, -0.05) is 35.9 Å². The van der Waals surface area contributed by atoms with E-state index < -0.39 is 29.7 Å². The average Bonchev–Trinajstić information content (AvgIpc) is 2.60. The Hall–Kier alpha value is -2.54. The molecule has 27 heavy (non-hydrogen) atoms. The number of ether oxygens (including phenoxy) is 1. The van der Waals surface area contributed by atoms with Gasteiger partial charge >= 0.3 is 12.1 Å². The molecule has 0 aliphatic carbocycles. The van der Waals surface area contributed by atoms with Crippen molar-refractivity contribution in [3.05, 3.63) is 70.2 Å². The van der Waals surface area contributed by atoms with Crippen LogP contribution in [0.2, 0.25) is 5.02 Å². The Morgan fingerprint density at radius 1 is 1.11 bits per heavy atom.